The number of halogens is 2. The lowest BCUT2D eigenvalue weighted by atomic mass is 10.2. The molecule has 0 saturated heterocycles. The number of hydrogen-bond acceptors (Lipinski definition) is 2. The Morgan fingerprint density at radius 2 is 1.90 bits per heavy atom. The number of para-hydroxylation sites is 1. The number of fused-ring (bicyclic) bond motifs is 1. The summed E-state index contributed by atoms with van der Waals surface area (Å²) >= 11 is 3.28. The van der Waals surface area contributed by atoms with Crippen molar-refractivity contribution in [2.45, 2.75) is 6.61 Å². The molecule has 0 saturated carbocycles. The Kier molecular flexibility index (Phi) is 3.65. The number of nitrogens with zero attached hydrogens (tertiary/aromatic N) is 1. The molecule has 0 aliphatic rings. The fraction of sp³-hybridized carbons (Fsp3) is 0.0625. The molecule has 3 rings (SSSR count). The Labute approximate surface area is 124 Å². The molecule has 2 aromatic carbocycles. The Hall–Kier alpha value is -1.94. The predicted molar refractivity (Wildman–Crippen MR) is 80.2 cm³/mol. The average molecular weight is 332 g/mol. The van der Waals surface area contributed by atoms with Crippen LogP contribution in [0.4, 0.5) is 4.39 Å². The van der Waals surface area contributed by atoms with Gasteiger partial charge in [0.15, 0.2) is 0 Å². The smallest absolute Gasteiger partial charge is 0.134 e. The van der Waals surface area contributed by atoms with Gasteiger partial charge in [0.05, 0.1) is 15.7 Å². The summed E-state index contributed by atoms with van der Waals surface area (Å²) in [7, 11) is 0. The maximum atomic E-state index is 13.0. The topological polar surface area (TPSA) is 22.1 Å². The van der Waals surface area contributed by atoms with Crippen molar-refractivity contribution in [1.29, 1.82) is 0 Å². The van der Waals surface area contributed by atoms with Gasteiger partial charge in [0, 0.05) is 5.39 Å². The first-order valence-electron chi connectivity index (χ1n) is 6.15. The first-order chi connectivity index (χ1) is 9.72. The predicted octanol–water partition coefficient (Wildman–Crippen LogP) is 4.72. The minimum Gasteiger partial charge on any atom is -0.486 e. The van der Waals surface area contributed by atoms with Crippen molar-refractivity contribution >= 4 is 26.8 Å². The molecule has 1 heterocycles. The molecule has 0 aliphatic heterocycles. The molecule has 2 nitrogen and oxygen atoms in total. The van der Waals surface area contributed by atoms with Crippen LogP contribution in [0.3, 0.4) is 0 Å². The zero-order valence-corrected chi connectivity index (χ0v) is 12.1. The minimum atomic E-state index is -0.298. The maximum absolute atomic E-state index is 13.0. The Morgan fingerprint density at radius 1 is 1.05 bits per heavy atom. The molecule has 0 unspecified atom stereocenters. The van der Waals surface area contributed by atoms with Gasteiger partial charge in [-0.15, -0.1) is 0 Å². The third kappa shape index (κ3) is 2.80. The van der Waals surface area contributed by atoms with Crippen molar-refractivity contribution < 1.29 is 9.13 Å². The summed E-state index contributed by atoms with van der Waals surface area (Å²) in [6.07, 6.45) is 0. The van der Waals surface area contributed by atoms with Crippen molar-refractivity contribution in [2.24, 2.45) is 0 Å². The monoisotopic (exact) mass is 331 g/mol. The molecule has 0 spiro atoms. The van der Waals surface area contributed by atoms with Gasteiger partial charge in [-0.1, -0.05) is 24.3 Å². The Morgan fingerprint density at radius 3 is 2.75 bits per heavy atom. The van der Waals surface area contributed by atoms with Crippen LogP contribution in [-0.4, -0.2) is 4.98 Å². The van der Waals surface area contributed by atoms with E-state index in [4.69, 9.17) is 4.74 Å². The molecular formula is C16H11BrFNO. The molecule has 1 aromatic heterocycles. The summed E-state index contributed by atoms with van der Waals surface area (Å²) in [5.41, 5.74) is 1.77. The van der Waals surface area contributed by atoms with E-state index in [1.54, 1.807) is 6.07 Å². The highest BCUT2D eigenvalue weighted by Crippen LogP contribution is 2.26. The van der Waals surface area contributed by atoms with Crippen molar-refractivity contribution in [1.82, 2.24) is 4.98 Å². The molecule has 20 heavy (non-hydrogen) atoms. The van der Waals surface area contributed by atoms with Crippen molar-refractivity contribution in [2.75, 3.05) is 0 Å². The van der Waals surface area contributed by atoms with Crippen LogP contribution in [0, 0.1) is 5.82 Å². The molecule has 0 N–H and O–H groups in total. The Bertz CT molecular complexity index is 760. The normalized spacial score (nSPS) is 10.7. The van der Waals surface area contributed by atoms with Gasteiger partial charge in [-0.25, -0.2) is 9.37 Å². The van der Waals surface area contributed by atoms with Gasteiger partial charge in [0.25, 0.3) is 0 Å². The standard InChI is InChI=1S/C16H11BrFNO/c17-14-9-12(18)6-8-16(14)20-10-13-7-5-11-3-1-2-4-15(11)19-13/h1-9H,10H2. The third-order valence-corrected chi connectivity index (χ3v) is 3.55. The first kappa shape index (κ1) is 13.1. The molecule has 100 valence electrons. The number of ether oxygens (including phenoxy) is 1. The van der Waals surface area contributed by atoms with E-state index in [1.165, 1.54) is 12.1 Å². The van der Waals surface area contributed by atoms with E-state index in [0.29, 0.717) is 16.8 Å². The zero-order valence-electron chi connectivity index (χ0n) is 10.5. The molecule has 0 fully saturated rings. The van der Waals surface area contributed by atoms with E-state index in [-0.39, 0.29) is 5.82 Å². The summed E-state index contributed by atoms with van der Waals surface area (Å²) in [5, 5.41) is 1.10. The summed E-state index contributed by atoms with van der Waals surface area (Å²) in [6, 6.07) is 16.2. The lowest BCUT2D eigenvalue weighted by Crippen LogP contribution is -1.99. The highest BCUT2D eigenvalue weighted by Gasteiger charge is 2.04. The second-order valence-electron chi connectivity index (χ2n) is 4.36. The van der Waals surface area contributed by atoms with Gasteiger partial charge in [-0.3, -0.25) is 0 Å². The molecular weight excluding hydrogens is 321 g/mol. The molecule has 3 aromatic rings. The molecule has 0 atom stereocenters. The summed E-state index contributed by atoms with van der Waals surface area (Å²) < 4.78 is 19.2. The first-order valence-corrected chi connectivity index (χ1v) is 6.94. The average Bonchev–Trinajstić information content (AvgIpc) is 2.46. The largest absolute Gasteiger partial charge is 0.486 e. The van der Waals surface area contributed by atoms with Gasteiger partial charge in [-0.2, -0.15) is 0 Å². The second kappa shape index (κ2) is 5.59. The minimum absolute atomic E-state index is 0.298. The van der Waals surface area contributed by atoms with Crippen LogP contribution in [-0.2, 0) is 6.61 Å². The van der Waals surface area contributed by atoms with E-state index in [0.717, 1.165) is 16.6 Å². The SMILES string of the molecule is Fc1ccc(OCc2ccc3ccccc3n2)c(Br)c1. The number of hydrogen-bond donors (Lipinski definition) is 0. The molecule has 0 aliphatic carbocycles. The lowest BCUT2D eigenvalue weighted by Gasteiger charge is -2.08. The second-order valence-corrected chi connectivity index (χ2v) is 5.21. The Balaban J connectivity index is 1.79. The number of rotatable bonds is 3. The molecule has 0 radical (unpaired) electrons. The van der Waals surface area contributed by atoms with Crippen LogP contribution < -0.4 is 4.74 Å². The van der Waals surface area contributed by atoms with Gasteiger partial charge in [0.1, 0.15) is 18.2 Å². The van der Waals surface area contributed by atoms with Gasteiger partial charge >= 0.3 is 0 Å². The maximum Gasteiger partial charge on any atom is 0.134 e. The van der Waals surface area contributed by atoms with Gasteiger partial charge in [0.2, 0.25) is 0 Å². The van der Waals surface area contributed by atoms with Crippen LogP contribution in [0.15, 0.2) is 59.1 Å². The van der Waals surface area contributed by atoms with E-state index < -0.39 is 0 Å². The number of aromatic nitrogens is 1. The molecule has 0 amide bonds. The molecule has 0 bridgehead atoms. The lowest BCUT2D eigenvalue weighted by molar-refractivity contribution is 0.299. The summed E-state index contributed by atoms with van der Waals surface area (Å²) in [6.45, 7) is 0.342. The van der Waals surface area contributed by atoms with Crippen LogP contribution in [0.2, 0.25) is 0 Å². The van der Waals surface area contributed by atoms with Crippen LogP contribution >= 0.6 is 15.9 Å². The highest BCUT2D eigenvalue weighted by molar-refractivity contribution is 9.10. The van der Waals surface area contributed by atoms with Crippen LogP contribution in [0.25, 0.3) is 10.9 Å². The number of pyridine rings is 1. The number of benzene rings is 2. The summed E-state index contributed by atoms with van der Waals surface area (Å²) in [5.74, 6) is 0.300. The fourth-order valence-electron chi connectivity index (χ4n) is 1.93. The van der Waals surface area contributed by atoms with Crippen LogP contribution in [0.1, 0.15) is 5.69 Å². The highest BCUT2D eigenvalue weighted by atomic mass is 79.9. The zero-order chi connectivity index (χ0) is 13.9. The van der Waals surface area contributed by atoms with E-state index >= 15 is 0 Å². The van der Waals surface area contributed by atoms with Crippen molar-refractivity contribution in [3.8, 4) is 5.75 Å². The molecule has 4 heteroatoms. The van der Waals surface area contributed by atoms with Crippen molar-refractivity contribution in [3.63, 3.8) is 0 Å². The summed E-state index contributed by atoms with van der Waals surface area (Å²) in [4.78, 5) is 4.52. The third-order valence-electron chi connectivity index (χ3n) is 2.93. The van der Waals surface area contributed by atoms with Gasteiger partial charge < -0.3 is 4.74 Å². The van der Waals surface area contributed by atoms with Gasteiger partial charge in [-0.05, 0) is 46.3 Å². The quantitative estimate of drug-likeness (QED) is 0.693. The fourth-order valence-corrected chi connectivity index (χ4v) is 2.40. The van der Waals surface area contributed by atoms with Crippen molar-refractivity contribution in [3.05, 3.63) is 70.6 Å². The van der Waals surface area contributed by atoms with E-state index in [2.05, 4.69) is 20.9 Å². The van der Waals surface area contributed by atoms with E-state index in [1.807, 2.05) is 36.4 Å². The van der Waals surface area contributed by atoms with E-state index in [9.17, 15) is 4.39 Å². The van der Waals surface area contributed by atoms with Crippen LogP contribution in [0.5, 0.6) is 5.75 Å².